The van der Waals surface area contributed by atoms with Crippen LogP contribution >= 0.6 is 24.8 Å². The second kappa shape index (κ2) is 9.30. The molecular formula is C17H17Cl2FN2O. The summed E-state index contributed by atoms with van der Waals surface area (Å²) in [6, 6.07) is 16.0. The van der Waals surface area contributed by atoms with E-state index in [0.29, 0.717) is 24.4 Å². The average molecular weight is 355 g/mol. The Morgan fingerprint density at radius 2 is 1.70 bits per heavy atom. The fourth-order valence-electron chi connectivity index (χ4n) is 2.10. The van der Waals surface area contributed by atoms with Gasteiger partial charge >= 0.3 is 0 Å². The van der Waals surface area contributed by atoms with E-state index >= 15 is 0 Å². The summed E-state index contributed by atoms with van der Waals surface area (Å²) < 4.78 is 19.3. The lowest BCUT2D eigenvalue weighted by atomic mass is 10.1. The van der Waals surface area contributed by atoms with Gasteiger partial charge in [0.15, 0.2) is 0 Å². The molecule has 2 heterocycles. The van der Waals surface area contributed by atoms with E-state index in [1.807, 2.05) is 24.3 Å². The number of nitrogens with one attached hydrogen (secondary N) is 1. The van der Waals surface area contributed by atoms with Crippen molar-refractivity contribution in [3.05, 3.63) is 78.1 Å². The second-order valence-electron chi connectivity index (χ2n) is 4.67. The molecule has 0 fully saturated rings. The number of hydrogen-bond donors (Lipinski definition) is 1. The van der Waals surface area contributed by atoms with Crippen LogP contribution in [0.25, 0.3) is 11.3 Å². The summed E-state index contributed by atoms with van der Waals surface area (Å²) in [7, 11) is 0. The Bertz CT molecular complexity index is 719. The van der Waals surface area contributed by atoms with Crippen molar-refractivity contribution in [2.24, 2.45) is 0 Å². The first-order valence-corrected chi connectivity index (χ1v) is 6.77. The monoisotopic (exact) mass is 354 g/mol. The van der Waals surface area contributed by atoms with Crippen molar-refractivity contribution in [2.45, 2.75) is 13.1 Å². The molecule has 1 aromatic carbocycles. The molecule has 0 aliphatic carbocycles. The summed E-state index contributed by atoms with van der Waals surface area (Å²) in [5, 5.41) is 3.25. The average Bonchev–Trinajstić information content (AvgIpc) is 2.97. The number of rotatable bonds is 5. The van der Waals surface area contributed by atoms with E-state index in [9.17, 15) is 4.39 Å². The number of aromatic nitrogens is 1. The van der Waals surface area contributed by atoms with E-state index in [4.69, 9.17) is 4.42 Å². The molecule has 3 nitrogen and oxygen atoms in total. The molecule has 0 aliphatic rings. The molecule has 2 aromatic heterocycles. The van der Waals surface area contributed by atoms with Crippen LogP contribution in [-0.4, -0.2) is 4.98 Å². The van der Waals surface area contributed by atoms with Crippen LogP contribution < -0.4 is 5.32 Å². The van der Waals surface area contributed by atoms with E-state index in [1.165, 1.54) is 6.07 Å². The lowest BCUT2D eigenvalue weighted by molar-refractivity contribution is 0.489. The number of halogens is 3. The van der Waals surface area contributed by atoms with Crippen LogP contribution in [0.4, 0.5) is 4.39 Å². The van der Waals surface area contributed by atoms with Crippen molar-refractivity contribution in [3.63, 3.8) is 0 Å². The molecule has 0 amide bonds. The minimum Gasteiger partial charge on any atom is -0.460 e. The van der Waals surface area contributed by atoms with Crippen molar-refractivity contribution >= 4 is 24.8 Å². The second-order valence-corrected chi connectivity index (χ2v) is 4.67. The molecule has 1 N–H and O–H groups in total. The van der Waals surface area contributed by atoms with Crippen molar-refractivity contribution in [3.8, 4) is 11.3 Å². The largest absolute Gasteiger partial charge is 0.460 e. The van der Waals surface area contributed by atoms with E-state index < -0.39 is 0 Å². The summed E-state index contributed by atoms with van der Waals surface area (Å²) >= 11 is 0. The molecule has 0 unspecified atom stereocenters. The van der Waals surface area contributed by atoms with Crippen LogP contribution in [0, 0.1) is 5.82 Å². The summed E-state index contributed by atoms with van der Waals surface area (Å²) in [5.74, 6) is 1.03. The van der Waals surface area contributed by atoms with Crippen molar-refractivity contribution in [1.29, 1.82) is 0 Å². The topological polar surface area (TPSA) is 38.1 Å². The van der Waals surface area contributed by atoms with Gasteiger partial charge in [-0.05, 0) is 36.4 Å². The third kappa shape index (κ3) is 5.06. The maximum absolute atomic E-state index is 13.7. The summed E-state index contributed by atoms with van der Waals surface area (Å²) in [5.41, 5.74) is 1.45. The molecule has 6 heteroatoms. The molecule has 23 heavy (non-hydrogen) atoms. The SMILES string of the molecule is Cl.Cl.Fc1ccccc1-c1ccc(CNCc2ccccn2)o1. The quantitative estimate of drug-likeness (QED) is 0.726. The highest BCUT2D eigenvalue weighted by molar-refractivity contribution is 5.85. The van der Waals surface area contributed by atoms with Gasteiger partial charge in [-0.25, -0.2) is 4.39 Å². The third-order valence-corrected chi connectivity index (χ3v) is 3.13. The molecular weight excluding hydrogens is 338 g/mol. The van der Waals surface area contributed by atoms with Gasteiger partial charge in [0.2, 0.25) is 0 Å². The molecule has 0 radical (unpaired) electrons. The zero-order valence-corrected chi connectivity index (χ0v) is 13.9. The molecule has 0 saturated carbocycles. The highest BCUT2D eigenvalue weighted by atomic mass is 35.5. The Labute approximate surface area is 146 Å². The maximum atomic E-state index is 13.7. The van der Waals surface area contributed by atoms with Gasteiger partial charge in [0.05, 0.1) is 17.8 Å². The zero-order chi connectivity index (χ0) is 14.5. The number of hydrogen-bond acceptors (Lipinski definition) is 3. The summed E-state index contributed by atoms with van der Waals surface area (Å²) in [6.45, 7) is 1.24. The lowest BCUT2D eigenvalue weighted by Gasteiger charge is -2.02. The molecule has 0 atom stereocenters. The van der Waals surface area contributed by atoms with E-state index in [1.54, 1.807) is 30.5 Å². The van der Waals surface area contributed by atoms with Gasteiger partial charge in [-0.1, -0.05) is 18.2 Å². The molecule has 3 aromatic rings. The van der Waals surface area contributed by atoms with Crippen molar-refractivity contribution in [1.82, 2.24) is 10.3 Å². The highest BCUT2D eigenvalue weighted by Crippen LogP contribution is 2.24. The van der Waals surface area contributed by atoms with Crippen LogP contribution in [0.3, 0.4) is 0 Å². The predicted molar refractivity (Wildman–Crippen MR) is 93.4 cm³/mol. The van der Waals surface area contributed by atoms with Crippen molar-refractivity contribution in [2.75, 3.05) is 0 Å². The number of nitrogens with zero attached hydrogens (tertiary/aromatic N) is 1. The van der Waals surface area contributed by atoms with Gasteiger partial charge in [-0.3, -0.25) is 4.98 Å². The Morgan fingerprint density at radius 3 is 2.43 bits per heavy atom. The molecule has 122 valence electrons. The normalized spacial score (nSPS) is 9.78. The fourth-order valence-corrected chi connectivity index (χ4v) is 2.10. The zero-order valence-electron chi connectivity index (χ0n) is 12.2. The minimum absolute atomic E-state index is 0. The van der Waals surface area contributed by atoms with Gasteiger partial charge < -0.3 is 9.73 Å². The minimum atomic E-state index is -0.278. The van der Waals surface area contributed by atoms with E-state index in [0.717, 1.165) is 11.5 Å². The third-order valence-electron chi connectivity index (χ3n) is 3.13. The lowest BCUT2D eigenvalue weighted by Crippen LogP contribution is -2.12. The Hall–Kier alpha value is -1.88. The number of benzene rings is 1. The smallest absolute Gasteiger partial charge is 0.137 e. The maximum Gasteiger partial charge on any atom is 0.137 e. The van der Waals surface area contributed by atoms with Crippen LogP contribution in [0.5, 0.6) is 0 Å². The van der Waals surface area contributed by atoms with Gasteiger partial charge in [-0.15, -0.1) is 24.8 Å². The molecule has 0 aliphatic heterocycles. The summed E-state index contributed by atoms with van der Waals surface area (Å²) in [4.78, 5) is 4.23. The number of furan rings is 1. The molecule has 0 saturated heterocycles. The van der Waals surface area contributed by atoms with E-state index in [2.05, 4.69) is 10.3 Å². The molecule has 3 rings (SSSR count). The molecule has 0 spiro atoms. The Kier molecular flexibility index (Phi) is 7.75. The Morgan fingerprint density at radius 1 is 0.913 bits per heavy atom. The first-order chi connectivity index (χ1) is 10.3. The van der Waals surface area contributed by atoms with Crippen molar-refractivity contribution < 1.29 is 8.81 Å². The Balaban J connectivity index is 0.00000132. The first kappa shape index (κ1) is 19.2. The number of pyridine rings is 1. The predicted octanol–water partition coefficient (Wildman–Crippen LogP) is 4.61. The first-order valence-electron chi connectivity index (χ1n) is 6.77. The van der Waals surface area contributed by atoms with Gasteiger partial charge in [-0.2, -0.15) is 0 Å². The fraction of sp³-hybridized carbons (Fsp3) is 0.118. The summed E-state index contributed by atoms with van der Waals surface area (Å²) in [6.07, 6.45) is 1.76. The highest BCUT2D eigenvalue weighted by Gasteiger charge is 2.08. The van der Waals surface area contributed by atoms with Crippen LogP contribution in [-0.2, 0) is 13.1 Å². The van der Waals surface area contributed by atoms with Crippen LogP contribution in [0.15, 0.2) is 65.2 Å². The van der Waals surface area contributed by atoms with E-state index in [-0.39, 0.29) is 30.6 Å². The van der Waals surface area contributed by atoms with Crippen LogP contribution in [0.2, 0.25) is 0 Å². The van der Waals surface area contributed by atoms with Gasteiger partial charge in [0, 0.05) is 12.7 Å². The molecule has 0 bridgehead atoms. The van der Waals surface area contributed by atoms with Gasteiger partial charge in [0.25, 0.3) is 0 Å². The standard InChI is InChI=1S/C17H15FN2O.2ClH/c18-16-7-2-1-6-15(16)17-9-8-14(21-17)12-19-11-13-5-3-4-10-20-13;;/h1-10,19H,11-12H2;2*1H. The van der Waals surface area contributed by atoms with Gasteiger partial charge in [0.1, 0.15) is 17.3 Å². The van der Waals surface area contributed by atoms with Crippen LogP contribution in [0.1, 0.15) is 11.5 Å².